The van der Waals surface area contributed by atoms with Crippen LogP contribution >= 0.6 is 0 Å². The molecule has 0 unspecified atom stereocenters. The smallest absolute Gasteiger partial charge is 0.118 e. The number of benzene rings is 1. The number of methoxy groups -OCH3 is 1. The summed E-state index contributed by atoms with van der Waals surface area (Å²) in [6, 6.07) is 8.32. The molecule has 1 aromatic rings. The Hall–Kier alpha value is -1.06. The zero-order valence-electron chi connectivity index (χ0n) is 13.2. The lowest BCUT2D eigenvalue weighted by Crippen LogP contribution is -2.60. The van der Waals surface area contributed by atoms with Crippen molar-refractivity contribution in [2.75, 3.05) is 20.7 Å². The first-order valence-corrected chi connectivity index (χ1v) is 7.55. The van der Waals surface area contributed by atoms with E-state index in [4.69, 9.17) is 10.5 Å². The van der Waals surface area contributed by atoms with E-state index in [0.717, 1.165) is 30.7 Å². The van der Waals surface area contributed by atoms with E-state index in [2.05, 4.69) is 37.9 Å². The zero-order valence-corrected chi connectivity index (χ0v) is 13.2. The van der Waals surface area contributed by atoms with Gasteiger partial charge in [-0.3, -0.25) is 4.90 Å². The first kappa shape index (κ1) is 15.3. The maximum atomic E-state index is 6.07. The third-order valence-electron chi connectivity index (χ3n) is 5.00. The van der Waals surface area contributed by atoms with Crippen LogP contribution in [0.3, 0.4) is 0 Å². The maximum Gasteiger partial charge on any atom is 0.118 e. The molecule has 0 bridgehead atoms. The Morgan fingerprint density at radius 2 is 1.90 bits per heavy atom. The highest BCUT2D eigenvalue weighted by atomic mass is 16.5. The summed E-state index contributed by atoms with van der Waals surface area (Å²) in [5, 5.41) is 0. The van der Waals surface area contributed by atoms with Crippen LogP contribution in [-0.4, -0.2) is 31.1 Å². The Morgan fingerprint density at radius 3 is 2.35 bits per heavy atom. The fourth-order valence-corrected chi connectivity index (χ4v) is 3.19. The molecule has 0 aromatic heterocycles. The van der Waals surface area contributed by atoms with Gasteiger partial charge in [-0.1, -0.05) is 26.0 Å². The molecular weight excluding hydrogens is 248 g/mol. The van der Waals surface area contributed by atoms with E-state index in [0.29, 0.717) is 0 Å². The van der Waals surface area contributed by atoms with E-state index in [-0.39, 0.29) is 5.54 Å². The molecule has 0 atom stereocenters. The van der Waals surface area contributed by atoms with Crippen LogP contribution in [0.2, 0.25) is 0 Å². The number of nitrogens with zero attached hydrogens (tertiary/aromatic N) is 1. The van der Waals surface area contributed by atoms with Gasteiger partial charge in [0.2, 0.25) is 0 Å². The lowest BCUT2D eigenvalue weighted by atomic mass is 9.63. The van der Waals surface area contributed by atoms with Crippen molar-refractivity contribution in [3.63, 3.8) is 0 Å². The molecule has 2 N–H and O–H groups in total. The molecule has 112 valence electrons. The molecule has 0 radical (unpaired) electrons. The van der Waals surface area contributed by atoms with Gasteiger partial charge < -0.3 is 10.5 Å². The normalized spacial score (nSPS) is 25.9. The molecule has 1 aromatic carbocycles. The highest BCUT2D eigenvalue weighted by Gasteiger charge is 2.46. The van der Waals surface area contributed by atoms with Gasteiger partial charge in [0.25, 0.3) is 0 Å². The SMILES string of the molecule is COc1ccc(CN(C)C2(CN)CC(C(C)C)C2)cc1. The highest BCUT2D eigenvalue weighted by Crippen LogP contribution is 2.45. The molecule has 20 heavy (non-hydrogen) atoms. The molecule has 0 aliphatic heterocycles. The largest absolute Gasteiger partial charge is 0.497 e. The summed E-state index contributed by atoms with van der Waals surface area (Å²) in [5.74, 6) is 2.51. The van der Waals surface area contributed by atoms with Crippen molar-refractivity contribution in [1.82, 2.24) is 4.90 Å². The second-order valence-corrected chi connectivity index (χ2v) is 6.54. The van der Waals surface area contributed by atoms with Crippen LogP contribution in [0.5, 0.6) is 5.75 Å². The number of ether oxygens (including phenoxy) is 1. The fraction of sp³-hybridized carbons (Fsp3) is 0.647. The number of likely N-dealkylation sites (N-methyl/N-ethyl adjacent to an activating group) is 1. The molecule has 1 saturated carbocycles. The van der Waals surface area contributed by atoms with Crippen LogP contribution in [-0.2, 0) is 6.54 Å². The van der Waals surface area contributed by atoms with Gasteiger partial charge in [-0.15, -0.1) is 0 Å². The van der Waals surface area contributed by atoms with Crippen molar-refractivity contribution in [3.8, 4) is 5.75 Å². The van der Waals surface area contributed by atoms with Gasteiger partial charge in [-0.25, -0.2) is 0 Å². The summed E-state index contributed by atoms with van der Waals surface area (Å²) in [7, 11) is 3.90. The molecule has 3 heteroatoms. The predicted molar refractivity (Wildman–Crippen MR) is 83.8 cm³/mol. The molecule has 1 fully saturated rings. The monoisotopic (exact) mass is 276 g/mol. The van der Waals surface area contributed by atoms with Crippen molar-refractivity contribution in [1.29, 1.82) is 0 Å². The lowest BCUT2D eigenvalue weighted by Gasteiger charge is -2.54. The second kappa shape index (κ2) is 6.15. The van der Waals surface area contributed by atoms with Gasteiger partial charge in [0.05, 0.1) is 7.11 Å². The minimum atomic E-state index is 0.203. The van der Waals surface area contributed by atoms with Crippen molar-refractivity contribution in [2.24, 2.45) is 17.6 Å². The van der Waals surface area contributed by atoms with E-state index in [1.165, 1.54) is 18.4 Å². The molecule has 0 amide bonds. The van der Waals surface area contributed by atoms with Gasteiger partial charge in [0.1, 0.15) is 5.75 Å². The van der Waals surface area contributed by atoms with E-state index < -0.39 is 0 Å². The average molecular weight is 276 g/mol. The first-order chi connectivity index (χ1) is 9.50. The molecule has 0 heterocycles. The number of hydrogen-bond donors (Lipinski definition) is 1. The Kier molecular flexibility index (Phi) is 4.71. The molecular formula is C17H28N2O. The predicted octanol–water partition coefficient (Wildman–Crippen LogP) is 2.89. The minimum Gasteiger partial charge on any atom is -0.497 e. The average Bonchev–Trinajstić information content (AvgIpc) is 2.38. The summed E-state index contributed by atoms with van der Waals surface area (Å²) in [6.45, 7) is 6.33. The van der Waals surface area contributed by atoms with E-state index in [1.54, 1.807) is 7.11 Å². The van der Waals surface area contributed by atoms with E-state index in [9.17, 15) is 0 Å². The Morgan fingerprint density at radius 1 is 1.30 bits per heavy atom. The van der Waals surface area contributed by atoms with Crippen molar-refractivity contribution < 1.29 is 4.74 Å². The number of rotatable bonds is 6. The number of hydrogen-bond acceptors (Lipinski definition) is 3. The van der Waals surface area contributed by atoms with Gasteiger partial charge >= 0.3 is 0 Å². The Labute approximate surface area is 123 Å². The Bertz CT molecular complexity index is 421. The first-order valence-electron chi connectivity index (χ1n) is 7.55. The van der Waals surface area contributed by atoms with Gasteiger partial charge in [0, 0.05) is 18.6 Å². The third kappa shape index (κ3) is 2.99. The van der Waals surface area contributed by atoms with Gasteiger partial charge in [-0.05, 0) is 49.4 Å². The summed E-state index contributed by atoms with van der Waals surface area (Å²) in [6.07, 6.45) is 2.46. The zero-order chi connectivity index (χ0) is 14.8. The van der Waals surface area contributed by atoms with Crippen LogP contribution in [0.4, 0.5) is 0 Å². The fourth-order valence-electron chi connectivity index (χ4n) is 3.19. The second-order valence-electron chi connectivity index (χ2n) is 6.54. The quantitative estimate of drug-likeness (QED) is 0.868. The summed E-state index contributed by atoms with van der Waals surface area (Å²) >= 11 is 0. The van der Waals surface area contributed by atoms with Crippen LogP contribution < -0.4 is 10.5 Å². The maximum absolute atomic E-state index is 6.07. The standard InChI is InChI=1S/C17H28N2O/c1-13(2)15-9-17(10-15,12-18)19(3)11-14-5-7-16(20-4)8-6-14/h5-8,13,15H,9-12,18H2,1-4H3. The third-order valence-corrected chi connectivity index (χ3v) is 5.00. The lowest BCUT2D eigenvalue weighted by molar-refractivity contribution is -0.0244. The van der Waals surface area contributed by atoms with E-state index in [1.807, 2.05) is 12.1 Å². The Balaban J connectivity index is 1.97. The summed E-state index contributed by atoms with van der Waals surface area (Å²) < 4.78 is 5.20. The van der Waals surface area contributed by atoms with Crippen LogP contribution in [0.1, 0.15) is 32.3 Å². The summed E-state index contributed by atoms with van der Waals surface area (Å²) in [4.78, 5) is 2.44. The van der Waals surface area contributed by atoms with Crippen molar-refractivity contribution >= 4 is 0 Å². The minimum absolute atomic E-state index is 0.203. The van der Waals surface area contributed by atoms with Crippen molar-refractivity contribution in [2.45, 2.75) is 38.8 Å². The van der Waals surface area contributed by atoms with Crippen molar-refractivity contribution in [3.05, 3.63) is 29.8 Å². The van der Waals surface area contributed by atoms with Gasteiger partial charge in [0.15, 0.2) is 0 Å². The molecule has 2 rings (SSSR count). The topological polar surface area (TPSA) is 38.5 Å². The van der Waals surface area contributed by atoms with Crippen LogP contribution in [0.15, 0.2) is 24.3 Å². The number of nitrogens with two attached hydrogens (primary N) is 1. The molecule has 1 aliphatic rings. The van der Waals surface area contributed by atoms with Crippen LogP contribution in [0, 0.1) is 11.8 Å². The molecule has 3 nitrogen and oxygen atoms in total. The van der Waals surface area contributed by atoms with E-state index >= 15 is 0 Å². The van der Waals surface area contributed by atoms with Crippen LogP contribution in [0.25, 0.3) is 0 Å². The highest BCUT2D eigenvalue weighted by molar-refractivity contribution is 5.27. The molecule has 1 aliphatic carbocycles. The van der Waals surface area contributed by atoms with Gasteiger partial charge in [-0.2, -0.15) is 0 Å². The molecule has 0 spiro atoms. The summed E-state index contributed by atoms with van der Waals surface area (Å²) in [5.41, 5.74) is 7.59. The molecule has 0 saturated heterocycles.